The van der Waals surface area contributed by atoms with Crippen LogP contribution >= 0.6 is 0 Å². The number of carbonyl (C=O) groups is 1. The van der Waals surface area contributed by atoms with Crippen molar-refractivity contribution < 1.29 is 9.53 Å². The van der Waals surface area contributed by atoms with Crippen LogP contribution in [0.4, 0.5) is 0 Å². The predicted molar refractivity (Wildman–Crippen MR) is 143 cm³/mol. The zero-order chi connectivity index (χ0) is 25.3. The van der Waals surface area contributed by atoms with E-state index in [1.165, 1.54) is 11.1 Å². The van der Waals surface area contributed by atoms with Crippen LogP contribution in [0.2, 0.25) is 0 Å². The first-order valence-electron chi connectivity index (χ1n) is 13.0. The summed E-state index contributed by atoms with van der Waals surface area (Å²) in [6.07, 6.45) is 5.30. The van der Waals surface area contributed by atoms with Gasteiger partial charge in [-0.1, -0.05) is 69.3 Å². The topological polar surface area (TPSA) is 54.5 Å². The van der Waals surface area contributed by atoms with E-state index in [1.807, 2.05) is 24.3 Å². The summed E-state index contributed by atoms with van der Waals surface area (Å²) >= 11 is 0. The number of hydrogen-bond acceptors (Lipinski definition) is 4. The molecule has 0 bridgehead atoms. The number of benzene rings is 2. The second kappa shape index (κ2) is 9.70. The highest BCUT2D eigenvalue weighted by molar-refractivity contribution is 5.91. The predicted octanol–water partition coefficient (Wildman–Crippen LogP) is 5.90. The van der Waals surface area contributed by atoms with Crippen molar-refractivity contribution in [3.05, 3.63) is 95.3 Å². The van der Waals surface area contributed by atoms with Gasteiger partial charge < -0.3 is 9.64 Å². The van der Waals surface area contributed by atoms with Crippen molar-refractivity contribution in [2.45, 2.75) is 76.0 Å². The minimum atomic E-state index is -0.498. The van der Waals surface area contributed by atoms with Gasteiger partial charge >= 0.3 is 0 Å². The fourth-order valence-corrected chi connectivity index (χ4v) is 5.51. The van der Waals surface area contributed by atoms with Gasteiger partial charge in [0.2, 0.25) is 5.91 Å². The van der Waals surface area contributed by atoms with Crippen LogP contribution in [0.3, 0.4) is 0 Å². The van der Waals surface area contributed by atoms with E-state index in [9.17, 15) is 4.79 Å². The molecule has 2 fully saturated rings. The number of nitrogens with zero attached hydrogens (tertiary/aromatic N) is 2. The molecule has 1 aliphatic heterocycles. The molecule has 5 nitrogen and oxygen atoms in total. The first-order chi connectivity index (χ1) is 17.3. The minimum absolute atomic E-state index is 0.0492. The van der Waals surface area contributed by atoms with E-state index < -0.39 is 5.41 Å². The van der Waals surface area contributed by atoms with Gasteiger partial charge in [-0.15, -0.1) is 0 Å². The lowest BCUT2D eigenvalue weighted by molar-refractivity contribution is -0.138. The second-order valence-corrected chi connectivity index (χ2v) is 11.2. The molecule has 36 heavy (non-hydrogen) atoms. The summed E-state index contributed by atoms with van der Waals surface area (Å²) in [5, 5.41) is 3.74. The monoisotopic (exact) mass is 483 g/mol. The number of amides is 1. The number of hydrogen-bond donors (Lipinski definition) is 1. The number of methoxy groups -OCH3 is 1. The van der Waals surface area contributed by atoms with Crippen LogP contribution < -0.4 is 10.1 Å². The standard InChI is InChI=1S/C31H37N3O2/c1-30(2,3)24-13-15-26(36-4)23(20-24)21-33-28-16-14-25(22-10-6-5-7-11-22)34(28)29(35)31(17-18-31)27-12-8-9-19-32-27/h5-13,15,19-20,25,28,33H,14,16-18,21H2,1-4H3. The average molecular weight is 484 g/mol. The van der Waals surface area contributed by atoms with Gasteiger partial charge in [0.15, 0.2) is 0 Å². The molecule has 188 valence electrons. The van der Waals surface area contributed by atoms with E-state index in [-0.39, 0.29) is 23.5 Å². The summed E-state index contributed by atoms with van der Waals surface area (Å²) in [4.78, 5) is 21.0. The molecular formula is C31H37N3O2. The molecule has 3 aromatic rings. The van der Waals surface area contributed by atoms with Gasteiger partial charge in [-0.05, 0) is 60.4 Å². The fraction of sp³-hybridized carbons (Fsp3) is 0.419. The molecule has 1 aromatic heterocycles. The number of ether oxygens (including phenoxy) is 1. The molecular weight excluding hydrogens is 446 g/mol. The quantitative estimate of drug-likeness (QED) is 0.455. The van der Waals surface area contributed by atoms with Crippen molar-refractivity contribution in [1.82, 2.24) is 15.2 Å². The maximum Gasteiger partial charge on any atom is 0.236 e. The third-order valence-corrected chi connectivity index (χ3v) is 7.79. The van der Waals surface area contributed by atoms with Crippen molar-refractivity contribution in [3.8, 4) is 5.75 Å². The minimum Gasteiger partial charge on any atom is -0.496 e. The van der Waals surface area contributed by atoms with Crippen molar-refractivity contribution in [3.63, 3.8) is 0 Å². The van der Waals surface area contributed by atoms with Crippen LogP contribution in [0.5, 0.6) is 5.75 Å². The highest BCUT2D eigenvalue weighted by atomic mass is 16.5. The van der Waals surface area contributed by atoms with Crippen LogP contribution in [0, 0.1) is 0 Å². The maximum absolute atomic E-state index is 14.3. The molecule has 0 spiro atoms. The third kappa shape index (κ3) is 4.64. The first kappa shape index (κ1) is 24.5. The van der Waals surface area contributed by atoms with Gasteiger partial charge in [0.05, 0.1) is 30.4 Å². The Hall–Kier alpha value is -3.18. The van der Waals surface area contributed by atoms with E-state index in [0.29, 0.717) is 6.54 Å². The number of nitrogens with one attached hydrogen (secondary N) is 1. The molecule has 1 N–H and O–H groups in total. The number of carbonyl (C=O) groups excluding carboxylic acids is 1. The molecule has 2 aliphatic rings. The van der Waals surface area contributed by atoms with Gasteiger partial charge in [0.25, 0.3) is 0 Å². The molecule has 1 amide bonds. The molecule has 2 unspecified atom stereocenters. The summed E-state index contributed by atoms with van der Waals surface area (Å²) in [5.74, 6) is 1.07. The summed E-state index contributed by atoms with van der Waals surface area (Å²) < 4.78 is 5.69. The molecule has 1 aliphatic carbocycles. The molecule has 2 aromatic carbocycles. The molecule has 2 atom stereocenters. The number of aromatic nitrogens is 1. The lowest BCUT2D eigenvalue weighted by Gasteiger charge is -2.34. The summed E-state index contributed by atoms with van der Waals surface area (Å²) in [5.41, 5.74) is 4.03. The molecule has 5 heteroatoms. The number of pyridine rings is 1. The molecule has 5 rings (SSSR count). The average Bonchev–Trinajstić information content (AvgIpc) is 3.61. The van der Waals surface area contributed by atoms with Gasteiger partial charge in [-0.2, -0.15) is 0 Å². The van der Waals surface area contributed by atoms with E-state index in [0.717, 1.165) is 42.7 Å². The lowest BCUT2D eigenvalue weighted by atomic mass is 9.86. The van der Waals surface area contributed by atoms with E-state index in [1.54, 1.807) is 13.3 Å². The smallest absolute Gasteiger partial charge is 0.236 e. The first-order valence-corrected chi connectivity index (χ1v) is 13.0. The lowest BCUT2D eigenvalue weighted by Crippen LogP contribution is -2.49. The van der Waals surface area contributed by atoms with Crippen LogP contribution in [-0.4, -0.2) is 29.1 Å². The highest BCUT2D eigenvalue weighted by Crippen LogP contribution is 2.51. The van der Waals surface area contributed by atoms with E-state index >= 15 is 0 Å². The van der Waals surface area contributed by atoms with Gasteiger partial charge in [-0.25, -0.2) is 0 Å². The Kier molecular flexibility index (Phi) is 6.60. The fourth-order valence-electron chi connectivity index (χ4n) is 5.51. The SMILES string of the molecule is COc1ccc(C(C)(C)C)cc1CNC1CCC(c2ccccc2)N1C(=O)C1(c2ccccn2)CC1. The largest absolute Gasteiger partial charge is 0.496 e. The zero-order valence-corrected chi connectivity index (χ0v) is 21.8. The Bertz CT molecular complexity index is 1200. The summed E-state index contributed by atoms with van der Waals surface area (Å²) in [6.45, 7) is 7.31. The van der Waals surface area contributed by atoms with Crippen LogP contribution in [-0.2, 0) is 22.2 Å². The summed E-state index contributed by atoms with van der Waals surface area (Å²) in [7, 11) is 1.72. The summed E-state index contributed by atoms with van der Waals surface area (Å²) in [6, 6.07) is 22.8. The van der Waals surface area contributed by atoms with Gasteiger partial charge in [-0.3, -0.25) is 15.1 Å². The Labute approximate surface area is 214 Å². The van der Waals surface area contributed by atoms with Crippen molar-refractivity contribution in [1.29, 1.82) is 0 Å². The Morgan fingerprint density at radius 3 is 2.44 bits per heavy atom. The van der Waals surface area contributed by atoms with Crippen LogP contribution in [0.25, 0.3) is 0 Å². The Balaban J connectivity index is 1.44. The molecule has 1 saturated heterocycles. The molecule has 0 radical (unpaired) electrons. The van der Waals surface area contributed by atoms with Gasteiger partial charge in [0, 0.05) is 18.3 Å². The Morgan fingerprint density at radius 2 is 1.81 bits per heavy atom. The third-order valence-electron chi connectivity index (χ3n) is 7.79. The number of rotatable bonds is 7. The van der Waals surface area contributed by atoms with Crippen molar-refractivity contribution in [2.24, 2.45) is 0 Å². The molecule has 1 saturated carbocycles. The van der Waals surface area contributed by atoms with Gasteiger partial charge in [0.1, 0.15) is 5.75 Å². The van der Waals surface area contributed by atoms with Crippen LogP contribution in [0.1, 0.15) is 74.9 Å². The second-order valence-electron chi connectivity index (χ2n) is 11.2. The maximum atomic E-state index is 14.3. The van der Waals surface area contributed by atoms with Crippen molar-refractivity contribution in [2.75, 3.05) is 7.11 Å². The highest BCUT2D eigenvalue weighted by Gasteiger charge is 2.57. The van der Waals surface area contributed by atoms with Crippen LogP contribution in [0.15, 0.2) is 72.9 Å². The van der Waals surface area contributed by atoms with E-state index in [2.05, 4.69) is 78.4 Å². The number of likely N-dealkylation sites (tertiary alicyclic amines) is 1. The normalized spacial score (nSPS) is 20.8. The van der Waals surface area contributed by atoms with E-state index in [4.69, 9.17) is 4.74 Å². The zero-order valence-electron chi connectivity index (χ0n) is 21.8. The Morgan fingerprint density at radius 1 is 1.06 bits per heavy atom. The molecule has 2 heterocycles. The van der Waals surface area contributed by atoms with Crippen molar-refractivity contribution >= 4 is 5.91 Å².